The molecule has 134 valence electrons. The minimum atomic E-state index is -0.506. The van der Waals surface area contributed by atoms with Gasteiger partial charge in [-0.15, -0.1) is 0 Å². The summed E-state index contributed by atoms with van der Waals surface area (Å²) in [6, 6.07) is 4.39. The first-order valence-corrected chi connectivity index (χ1v) is 9.10. The number of aromatic nitrogens is 1. The average molecular weight is 333 g/mol. The van der Waals surface area contributed by atoms with E-state index in [0.717, 1.165) is 25.8 Å². The van der Waals surface area contributed by atoms with Crippen molar-refractivity contribution in [3.63, 3.8) is 0 Å². The van der Waals surface area contributed by atoms with Crippen molar-refractivity contribution in [2.75, 3.05) is 18.0 Å². The summed E-state index contributed by atoms with van der Waals surface area (Å²) in [4.78, 5) is 18.7. The average Bonchev–Trinajstić information content (AvgIpc) is 2.55. The van der Waals surface area contributed by atoms with Gasteiger partial charge in [-0.05, 0) is 58.2 Å². The first-order valence-electron chi connectivity index (χ1n) is 9.10. The van der Waals surface area contributed by atoms with Crippen LogP contribution in [0.15, 0.2) is 18.3 Å². The zero-order valence-electron chi connectivity index (χ0n) is 15.5. The minimum Gasteiger partial charge on any atom is -0.443 e. The summed E-state index contributed by atoms with van der Waals surface area (Å²) in [5.41, 5.74) is 0.686. The van der Waals surface area contributed by atoms with E-state index in [9.17, 15) is 4.79 Å². The Morgan fingerprint density at radius 3 is 2.71 bits per heavy atom. The molecule has 0 unspecified atom stereocenters. The molecule has 0 radical (unpaired) electrons. The number of carbonyl (C=O) groups excluding carboxylic acids is 1. The number of ether oxygens (including phenoxy) is 1. The molecule has 1 N–H and O–H groups in total. The van der Waals surface area contributed by atoms with Crippen LogP contribution >= 0.6 is 0 Å². The van der Waals surface area contributed by atoms with Crippen LogP contribution in [0.4, 0.5) is 10.6 Å². The number of unbranched alkanes of at least 4 members (excludes halogenated alkanes) is 1. The van der Waals surface area contributed by atoms with E-state index in [-0.39, 0.29) is 6.09 Å². The van der Waals surface area contributed by atoms with Gasteiger partial charge in [-0.3, -0.25) is 4.90 Å². The predicted molar refractivity (Wildman–Crippen MR) is 97.3 cm³/mol. The molecule has 2 rings (SSSR count). The maximum Gasteiger partial charge on any atom is 0.416 e. The highest BCUT2D eigenvalue weighted by Gasteiger charge is 2.24. The third kappa shape index (κ3) is 5.48. The molecule has 1 saturated heterocycles. The van der Waals surface area contributed by atoms with E-state index in [0.29, 0.717) is 18.4 Å². The Morgan fingerprint density at radius 1 is 1.38 bits per heavy atom. The topological polar surface area (TPSA) is 54.5 Å². The van der Waals surface area contributed by atoms with Gasteiger partial charge in [-0.1, -0.05) is 25.8 Å². The molecule has 2 heterocycles. The molecule has 0 bridgehead atoms. The lowest BCUT2D eigenvalue weighted by Gasteiger charge is -2.27. The molecular weight excluding hydrogens is 302 g/mol. The Balaban J connectivity index is 2.11. The quantitative estimate of drug-likeness (QED) is 0.865. The van der Waals surface area contributed by atoms with Crippen molar-refractivity contribution in [2.45, 2.75) is 71.4 Å². The summed E-state index contributed by atoms with van der Waals surface area (Å²) >= 11 is 0. The van der Waals surface area contributed by atoms with E-state index in [1.54, 1.807) is 4.90 Å². The van der Waals surface area contributed by atoms with E-state index in [2.05, 4.69) is 23.3 Å². The van der Waals surface area contributed by atoms with Crippen molar-refractivity contribution in [2.24, 2.45) is 0 Å². The van der Waals surface area contributed by atoms with Gasteiger partial charge in [0.25, 0.3) is 0 Å². The van der Waals surface area contributed by atoms with Crippen LogP contribution in [0.25, 0.3) is 0 Å². The summed E-state index contributed by atoms with van der Waals surface area (Å²) in [6.07, 6.45) is 7.14. The summed E-state index contributed by atoms with van der Waals surface area (Å²) in [5.74, 6) is 0.664. The lowest BCUT2D eigenvalue weighted by molar-refractivity contribution is 0.0578. The normalized spacial score (nSPS) is 18.2. The zero-order valence-corrected chi connectivity index (χ0v) is 15.5. The summed E-state index contributed by atoms with van der Waals surface area (Å²) in [5, 5.41) is 3.53. The van der Waals surface area contributed by atoms with Gasteiger partial charge in [0, 0.05) is 18.8 Å². The molecule has 1 aromatic heterocycles. The van der Waals surface area contributed by atoms with Crippen LogP contribution < -0.4 is 10.2 Å². The standard InChI is InChI=1S/C19H31N3O2/c1-5-6-13-22(18(23)24-19(2,3)4)17-11-10-15(14-21-17)16-9-7-8-12-20-16/h10-11,14,16,20H,5-9,12-13H2,1-4H3/t16-/m1/s1. The number of anilines is 1. The van der Waals surface area contributed by atoms with Crippen LogP contribution in [0, 0.1) is 0 Å². The van der Waals surface area contributed by atoms with E-state index in [4.69, 9.17) is 4.74 Å². The third-order valence-electron chi connectivity index (χ3n) is 4.11. The largest absolute Gasteiger partial charge is 0.443 e. The van der Waals surface area contributed by atoms with Crippen molar-refractivity contribution < 1.29 is 9.53 Å². The van der Waals surface area contributed by atoms with Gasteiger partial charge in [-0.25, -0.2) is 9.78 Å². The molecule has 0 spiro atoms. The van der Waals surface area contributed by atoms with E-state index in [1.807, 2.05) is 33.0 Å². The zero-order chi connectivity index (χ0) is 17.6. The number of nitrogens with one attached hydrogen (secondary N) is 1. The second-order valence-corrected chi connectivity index (χ2v) is 7.44. The van der Waals surface area contributed by atoms with Crippen LogP contribution in [0.5, 0.6) is 0 Å². The molecule has 1 aliphatic heterocycles. The molecule has 1 atom stereocenters. The number of hydrogen-bond acceptors (Lipinski definition) is 4. The highest BCUT2D eigenvalue weighted by atomic mass is 16.6. The van der Waals surface area contributed by atoms with Crippen molar-refractivity contribution in [3.8, 4) is 0 Å². The van der Waals surface area contributed by atoms with Crippen LogP contribution in [0.1, 0.15) is 71.4 Å². The molecule has 0 saturated carbocycles. The van der Waals surface area contributed by atoms with Crippen molar-refractivity contribution in [1.29, 1.82) is 0 Å². The lowest BCUT2D eigenvalue weighted by atomic mass is 9.99. The Bertz CT molecular complexity index is 516. The molecule has 0 aliphatic carbocycles. The molecular formula is C19H31N3O2. The second-order valence-electron chi connectivity index (χ2n) is 7.44. The third-order valence-corrected chi connectivity index (χ3v) is 4.11. The smallest absolute Gasteiger partial charge is 0.416 e. The molecule has 24 heavy (non-hydrogen) atoms. The molecule has 5 nitrogen and oxygen atoms in total. The van der Waals surface area contributed by atoms with Gasteiger partial charge in [0.05, 0.1) is 0 Å². The number of pyridine rings is 1. The molecule has 1 aliphatic rings. The molecule has 0 aromatic carbocycles. The summed E-state index contributed by atoms with van der Waals surface area (Å²) < 4.78 is 5.53. The number of rotatable bonds is 5. The van der Waals surface area contributed by atoms with Gasteiger partial charge >= 0.3 is 6.09 Å². The SMILES string of the molecule is CCCCN(C(=O)OC(C)(C)C)c1ccc([C@H]2CCCCN2)cn1. The predicted octanol–water partition coefficient (Wildman–Crippen LogP) is 4.44. The minimum absolute atomic E-state index is 0.327. The van der Waals surface area contributed by atoms with Crippen LogP contribution in [0.3, 0.4) is 0 Å². The van der Waals surface area contributed by atoms with Crippen molar-refractivity contribution in [1.82, 2.24) is 10.3 Å². The van der Waals surface area contributed by atoms with Gasteiger partial charge in [0.2, 0.25) is 0 Å². The van der Waals surface area contributed by atoms with Gasteiger partial charge in [0.1, 0.15) is 11.4 Å². The highest BCUT2D eigenvalue weighted by molar-refractivity contribution is 5.86. The first-order chi connectivity index (χ1) is 11.4. The maximum absolute atomic E-state index is 12.5. The first kappa shape index (κ1) is 18.7. The van der Waals surface area contributed by atoms with Gasteiger partial charge in [0.15, 0.2) is 0 Å². The number of amides is 1. The Kier molecular flexibility index (Phi) is 6.60. The number of piperidine rings is 1. The van der Waals surface area contributed by atoms with Crippen molar-refractivity contribution in [3.05, 3.63) is 23.9 Å². The Hall–Kier alpha value is -1.62. The lowest BCUT2D eigenvalue weighted by Crippen LogP contribution is -2.38. The van der Waals surface area contributed by atoms with Gasteiger partial charge in [-0.2, -0.15) is 0 Å². The van der Waals surface area contributed by atoms with Crippen molar-refractivity contribution >= 4 is 11.9 Å². The van der Waals surface area contributed by atoms with E-state index >= 15 is 0 Å². The number of hydrogen-bond donors (Lipinski definition) is 1. The fourth-order valence-electron chi connectivity index (χ4n) is 2.83. The Morgan fingerprint density at radius 2 is 2.17 bits per heavy atom. The van der Waals surface area contributed by atoms with Crippen LogP contribution in [-0.2, 0) is 4.74 Å². The second kappa shape index (κ2) is 8.47. The van der Waals surface area contributed by atoms with E-state index < -0.39 is 5.60 Å². The fourth-order valence-corrected chi connectivity index (χ4v) is 2.83. The summed E-state index contributed by atoms with van der Waals surface area (Å²) in [7, 11) is 0. The molecule has 1 fully saturated rings. The number of carbonyl (C=O) groups is 1. The van der Waals surface area contributed by atoms with Gasteiger partial charge < -0.3 is 10.1 Å². The summed E-state index contributed by atoms with van der Waals surface area (Å²) in [6.45, 7) is 9.45. The fraction of sp³-hybridized carbons (Fsp3) is 0.684. The van der Waals surface area contributed by atoms with Crippen LogP contribution in [-0.4, -0.2) is 29.8 Å². The molecule has 1 amide bonds. The van der Waals surface area contributed by atoms with E-state index in [1.165, 1.54) is 18.4 Å². The molecule has 1 aromatic rings. The highest BCUT2D eigenvalue weighted by Crippen LogP contribution is 2.24. The molecule has 5 heteroatoms. The van der Waals surface area contributed by atoms with Crippen LogP contribution in [0.2, 0.25) is 0 Å². The maximum atomic E-state index is 12.5. The number of nitrogens with zero attached hydrogens (tertiary/aromatic N) is 2. The monoisotopic (exact) mass is 333 g/mol. The Labute approximate surface area is 145 Å².